The van der Waals surface area contributed by atoms with Crippen LogP contribution >= 0.6 is 17.0 Å². The van der Waals surface area contributed by atoms with Crippen molar-refractivity contribution in [3.63, 3.8) is 0 Å². The molecule has 1 aromatic carbocycles. The summed E-state index contributed by atoms with van der Waals surface area (Å²) in [6.07, 6.45) is 2.35. The third kappa shape index (κ3) is 2.73. The number of anilines is 1. The average Bonchev–Trinajstić information content (AvgIpc) is 2.18. The Hall–Kier alpha value is -0.540. The maximum Gasteiger partial charge on any atom is 0.0350 e. The molecule has 0 saturated heterocycles. The molecule has 2 rings (SSSR count). The summed E-state index contributed by atoms with van der Waals surface area (Å²) in [5.74, 6) is 0. The first-order valence-electron chi connectivity index (χ1n) is 5.40. The molecular weight excluding hydrogens is 252 g/mol. The summed E-state index contributed by atoms with van der Waals surface area (Å²) in [6, 6.07) is 6.27. The minimum absolute atomic E-state index is 0. The van der Waals surface area contributed by atoms with Crippen LogP contribution in [0.1, 0.15) is 24.5 Å². The van der Waals surface area contributed by atoms with E-state index < -0.39 is 0 Å². The van der Waals surface area contributed by atoms with E-state index in [1.165, 1.54) is 24.1 Å². The van der Waals surface area contributed by atoms with E-state index in [-0.39, 0.29) is 17.0 Å². The summed E-state index contributed by atoms with van der Waals surface area (Å²) in [6.45, 7) is 5.67. The van der Waals surface area contributed by atoms with Crippen LogP contribution in [0.25, 0.3) is 0 Å². The Morgan fingerprint density at radius 1 is 1.40 bits per heavy atom. The van der Waals surface area contributed by atoms with E-state index >= 15 is 0 Å². The lowest BCUT2D eigenvalue weighted by Crippen LogP contribution is -2.31. The maximum absolute atomic E-state index is 5.94. The van der Waals surface area contributed by atoms with E-state index in [0.29, 0.717) is 0 Å². The summed E-state index contributed by atoms with van der Waals surface area (Å²) < 4.78 is 0. The van der Waals surface area contributed by atoms with Gasteiger partial charge in [0.05, 0.1) is 0 Å². The minimum atomic E-state index is 0. The molecule has 3 heteroatoms. The number of nitrogens with zero attached hydrogens (tertiary/aromatic N) is 1. The molecule has 0 aromatic heterocycles. The van der Waals surface area contributed by atoms with Crippen molar-refractivity contribution in [3.8, 4) is 0 Å². The van der Waals surface area contributed by atoms with Gasteiger partial charge in [0.15, 0.2) is 0 Å². The minimum Gasteiger partial charge on any atom is -0.398 e. The van der Waals surface area contributed by atoms with Crippen molar-refractivity contribution < 1.29 is 0 Å². The molecule has 0 amide bonds. The van der Waals surface area contributed by atoms with Crippen LogP contribution < -0.4 is 5.73 Å². The van der Waals surface area contributed by atoms with Crippen molar-refractivity contribution in [2.45, 2.75) is 26.3 Å². The van der Waals surface area contributed by atoms with Gasteiger partial charge in [-0.25, -0.2) is 0 Å². The Kier molecular flexibility index (Phi) is 4.61. The quantitative estimate of drug-likeness (QED) is 0.838. The van der Waals surface area contributed by atoms with Gasteiger partial charge in [0, 0.05) is 18.8 Å². The van der Waals surface area contributed by atoms with E-state index in [4.69, 9.17) is 5.73 Å². The number of hydrogen-bond acceptors (Lipinski definition) is 2. The van der Waals surface area contributed by atoms with Crippen molar-refractivity contribution in [2.24, 2.45) is 0 Å². The van der Waals surface area contributed by atoms with Crippen LogP contribution in [-0.2, 0) is 13.0 Å². The van der Waals surface area contributed by atoms with Crippen molar-refractivity contribution in [3.05, 3.63) is 29.3 Å². The number of hydrogen-bond donors (Lipinski definition) is 1. The van der Waals surface area contributed by atoms with Gasteiger partial charge in [-0.2, -0.15) is 0 Å². The van der Waals surface area contributed by atoms with Crippen molar-refractivity contribution in [1.82, 2.24) is 4.90 Å². The van der Waals surface area contributed by atoms with Gasteiger partial charge in [-0.15, -0.1) is 17.0 Å². The monoisotopic (exact) mass is 270 g/mol. The predicted octanol–water partition coefficient (Wildman–Crippen LogP) is 2.61. The molecule has 84 valence electrons. The lowest BCUT2D eigenvalue weighted by molar-refractivity contribution is 0.255. The zero-order valence-corrected chi connectivity index (χ0v) is 10.9. The first-order valence-corrected chi connectivity index (χ1v) is 5.40. The fourth-order valence-electron chi connectivity index (χ4n) is 2.20. The lowest BCUT2D eigenvalue weighted by Gasteiger charge is -2.29. The van der Waals surface area contributed by atoms with Gasteiger partial charge in [0.2, 0.25) is 0 Å². The molecule has 2 N–H and O–H groups in total. The molecule has 1 aliphatic rings. The summed E-state index contributed by atoms with van der Waals surface area (Å²) in [5, 5.41) is 0. The average molecular weight is 271 g/mol. The Balaban J connectivity index is 0.00000112. The number of fused-ring (bicyclic) bond motifs is 1. The smallest absolute Gasteiger partial charge is 0.0350 e. The molecule has 15 heavy (non-hydrogen) atoms. The first-order chi connectivity index (χ1) is 6.81. The molecule has 1 heterocycles. The third-order valence-electron chi connectivity index (χ3n) is 2.92. The van der Waals surface area contributed by atoms with E-state index in [9.17, 15) is 0 Å². The van der Waals surface area contributed by atoms with Crippen LogP contribution in [-0.4, -0.2) is 18.0 Å². The van der Waals surface area contributed by atoms with Gasteiger partial charge in [-0.05, 0) is 36.6 Å². The van der Waals surface area contributed by atoms with Gasteiger partial charge in [0.25, 0.3) is 0 Å². The van der Waals surface area contributed by atoms with Gasteiger partial charge in [-0.3, -0.25) is 4.90 Å². The summed E-state index contributed by atoms with van der Waals surface area (Å²) >= 11 is 0. The third-order valence-corrected chi connectivity index (χ3v) is 2.92. The molecular formula is C12H19BrN2. The number of rotatable bonds is 2. The van der Waals surface area contributed by atoms with Gasteiger partial charge in [-0.1, -0.05) is 19.1 Å². The molecule has 1 aliphatic heterocycles. The molecule has 0 atom stereocenters. The van der Waals surface area contributed by atoms with Gasteiger partial charge < -0.3 is 5.73 Å². The van der Waals surface area contributed by atoms with Crippen LogP contribution in [0.4, 0.5) is 5.69 Å². The van der Waals surface area contributed by atoms with Crippen LogP contribution in [0.2, 0.25) is 0 Å². The lowest BCUT2D eigenvalue weighted by atomic mass is 9.98. The maximum atomic E-state index is 5.94. The zero-order chi connectivity index (χ0) is 9.97. The molecule has 0 aliphatic carbocycles. The van der Waals surface area contributed by atoms with Gasteiger partial charge >= 0.3 is 0 Å². The highest BCUT2D eigenvalue weighted by Gasteiger charge is 2.16. The van der Waals surface area contributed by atoms with E-state index in [0.717, 1.165) is 25.2 Å². The van der Waals surface area contributed by atoms with Crippen LogP contribution in [0.5, 0.6) is 0 Å². The molecule has 0 spiro atoms. The molecule has 0 fully saturated rings. The van der Waals surface area contributed by atoms with Crippen LogP contribution in [0.3, 0.4) is 0 Å². The van der Waals surface area contributed by atoms with Crippen LogP contribution in [0.15, 0.2) is 18.2 Å². The number of nitrogen functional groups attached to an aromatic ring is 1. The highest BCUT2D eigenvalue weighted by atomic mass is 79.9. The van der Waals surface area contributed by atoms with Crippen LogP contribution in [0, 0.1) is 0 Å². The summed E-state index contributed by atoms with van der Waals surface area (Å²) in [5.41, 5.74) is 9.71. The fraction of sp³-hybridized carbons (Fsp3) is 0.500. The second-order valence-electron chi connectivity index (χ2n) is 4.01. The van der Waals surface area contributed by atoms with Crippen molar-refractivity contribution in [2.75, 3.05) is 18.8 Å². The molecule has 0 bridgehead atoms. The van der Waals surface area contributed by atoms with Crippen molar-refractivity contribution >= 4 is 22.7 Å². The van der Waals surface area contributed by atoms with E-state index in [1.807, 2.05) is 6.07 Å². The second-order valence-corrected chi connectivity index (χ2v) is 4.01. The summed E-state index contributed by atoms with van der Waals surface area (Å²) in [4.78, 5) is 2.50. The summed E-state index contributed by atoms with van der Waals surface area (Å²) in [7, 11) is 0. The highest BCUT2D eigenvalue weighted by Crippen LogP contribution is 2.23. The second kappa shape index (κ2) is 5.52. The molecule has 1 aromatic rings. The normalized spacial score (nSPS) is 15.5. The first kappa shape index (κ1) is 12.5. The number of nitrogens with two attached hydrogens (primary N) is 1. The topological polar surface area (TPSA) is 29.3 Å². The fourth-order valence-corrected chi connectivity index (χ4v) is 2.20. The SMILES string of the molecule is Br.CCCN1CCc2c(N)cccc2C1. The largest absolute Gasteiger partial charge is 0.398 e. The Morgan fingerprint density at radius 3 is 2.93 bits per heavy atom. The van der Waals surface area contributed by atoms with Gasteiger partial charge in [0.1, 0.15) is 0 Å². The predicted molar refractivity (Wildman–Crippen MR) is 70.4 cm³/mol. The molecule has 0 saturated carbocycles. The number of benzene rings is 1. The Morgan fingerprint density at radius 2 is 2.20 bits per heavy atom. The Bertz CT molecular complexity index is 325. The standard InChI is InChI=1S/C12H18N2.BrH/c1-2-7-14-8-6-11-10(9-14)4-3-5-12(11)13;/h3-5H,2,6-9,13H2,1H3;1H. The van der Waals surface area contributed by atoms with E-state index in [2.05, 4.69) is 24.0 Å². The molecule has 0 unspecified atom stereocenters. The molecule has 0 radical (unpaired) electrons. The zero-order valence-electron chi connectivity index (χ0n) is 9.20. The van der Waals surface area contributed by atoms with E-state index in [1.54, 1.807) is 0 Å². The Labute approximate surface area is 102 Å². The van der Waals surface area contributed by atoms with Crippen molar-refractivity contribution in [1.29, 1.82) is 0 Å². The molecule has 2 nitrogen and oxygen atoms in total. The highest BCUT2D eigenvalue weighted by molar-refractivity contribution is 8.93. The number of halogens is 1.